The second-order valence-corrected chi connectivity index (χ2v) is 8.34. The molecule has 1 aliphatic rings. The van der Waals surface area contributed by atoms with E-state index in [1.807, 2.05) is 41.5 Å². The number of nitrogens with zero attached hydrogens (tertiary/aromatic N) is 1. The van der Waals surface area contributed by atoms with Crippen molar-refractivity contribution in [3.05, 3.63) is 0 Å². The van der Waals surface area contributed by atoms with Crippen molar-refractivity contribution in [2.45, 2.75) is 65.8 Å². The average molecular weight is 337 g/mol. The first-order chi connectivity index (χ1) is 10.2. The average Bonchev–Trinajstić information content (AvgIpc) is 2.38. The van der Waals surface area contributed by atoms with Gasteiger partial charge in [0.2, 0.25) is 0 Å². The van der Waals surface area contributed by atoms with Gasteiger partial charge in [-0.3, -0.25) is 9.05 Å². The van der Waals surface area contributed by atoms with Crippen LogP contribution in [0, 0.1) is 0 Å². The van der Waals surface area contributed by atoms with Crippen LogP contribution in [-0.2, 0) is 23.1 Å². The Labute approximate surface area is 135 Å². The van der Waals surface area contributed by atoms with Crippen LogP contribution >= 0.6 is 7.75 Å². The molecule has 1 fully saturated rings. The molecule has 22 heavy (non-hydrogen) atoms. The molecule has 0 atom stereocenters. The summed E-state index contributed by atoms with van der Waals surface area (Å²) in [7, 11) is -3.20. The molecule has 0 amide bonds. The van der Waals surface area contributed by atoms with Gasteiger partial charge in [-0.2, -0.15) is 0 Å². The normalized spacial score (nSPS) is 20.3. The minimum absolute atomic E-state index is 0.291. The fourth-order valence-electron chi connectivity index (χ4n) is 2.70. The van der Waals surface area contributed by atoms with E-state index in [0.717, 1.165) is 0 Å². The van der Waals surface area contributed by atoms with E-state index >= 15 is 0 Å². The summed E-state index contributed by atoms with van der Waals surface area (Å²) in [6, 6.07) is 0. The van der Waals surface area contributed by atoms with Gasteiger partial charge in [0.1, 0.15) is 0 Å². The third-order valence-electron chi connectivity index (χ3n) is 3.33. The van der Waals surface area contributed by atoms with Crippen LogP contribution < -0.4 is 0 Å². The van der Waals surface area contributed by atoms with Gasteiger partial charge < -0.3 is 9.47 Å². The molecule has 6 nitrogen and oxygen atoms in total. The van der Waals surface area contributed by atoms with E-state index in [4.69, 9.17) is 18.5 Å². The van der Waals surface area contributed by atoms with E-state index < -0.39 is 13.5 Å². The molecular weight excluding hydrogens is 305 g/mol. The molecule has 0 aromatic heterocycles. The molecule has 0 saturated carbocycles. The fraction of sp³-hybridized carbons (Fsp3) is 1.00. The van der Waals surface area contributed by atoms with Crippen LogP contribution in [0.3, 0.4) is 0 Å². The van der Waals surface area contributed by atoms with Gasteiger partial charge in [-0.25, -0.2) is 9.24 Å². The van der Waals surface area contributed by atoms with Crippen molar-refractivity contribution in [2.24, 2.45) is 0 Å². The minimum Gasteiger partial charge on any atom is -0.350 e. The Hall–Kier alpha value is 0.0300. The second-order valence-electron chi connectivity index (χ2n) is 6.32. The molecule has 0 N–H and O–H groups in total. The maximum atomic E-state index is 12.8. The molecule has 0 bridgehead atoms. The van der Waals surface area contributed by atoms with Gasteiger partial charge in [0.25, 0.3) is 0 Å². The van der Waals surface area contributed by atoms with Gasteiger partial charge in [0, 0.05) is 32.5 Å². The highest BCUT2D eigenvalue weighted by Crippen LogP contribution is 2.54. The van der Waals surface area contributed by atoms with Gasteiger partial charge >= 0.3 is 7.75 Å². The van der Waals surface area contributed by atoms with Crippen LogP contribution in [-0.4, -0.2) is 49.0 Å². The molecule has 1 aliphatic heterocycles. The van der Waals surface area contributed by atoms with Gasteiger partial charge in [-0.1, -0.05) is 0 Å². The molecule has 0 aromatic rings. The zero-order valence-corrected chi connectivity index (χ0v) is 15.8. The van der Waals surface area contributed by atoms with E-state index in [9.17, 15) is 4.57 Å². The molecular formula is C15H32NO5P. The highest BCUT2D eigenvalue weighted by atomic mass is 31.2. The summed E-state index contributed by atoms with van der Waals surface area (Å²) in [4.78, 5) is 0. The molecule has 1 saturated heterocycles. The summed E-state index contributed by atoms with van der Waals surface area (Å²) in [6.07, 6.45) is 1.28. The van der Waals surface area contributed by atoms with E-state index in [2.05, 4.69) is 0 Å². The standard InChI is InChI=1S/C15H32NO5P/c1-7-18-15(21-14(4,5)6)10-12-16(13-11-15)22(17,19-8-2)20-9-3/h7-13H2,1-6H3. The molecule has 7 heteroatoms. The Morgan fingerprint density at radius 1 is 1.00 bits per heavy atom. The van der Waals surface area contributed by atoms with Crippen molar-refractivity contribution >= 4 is 7.75 Å². The van der Waals surface area contributed by atoms with E-state index in [-0.39, 0.29) is 5.60 Å². The number of ether oxygens (including phenoxy) is 2. The van der Waals surface area contributed by atoms with Crippen molar-refractivity contribution in [2.75, 3.05) is 32.9 Å². The highest BCUT2D eigenvalue weighted by Gasteiger charge is 2.44. The van der Waals surface area contributed by atoms with E-state index in [0.29, 0.717) is 45.8 Å². The Balaban J connectivity index is 2.78. The lowest BCUT2D eigenvalue weighted by molar-refractivity contribution is -0.290. The van der Waals surface area contributed by atoms with Gasteiger partial charge in [0.15, 0.2) is 5.79 Å². The predicted octanol–water partition coefficient (Wildman–Crippen LogP) is 3.81. The van der Waals surface area contributed by atoms with Crippen molar-refractivity contribution in [1.82, 2.24) is 4.67 Å². The highest BCUT2D eigenvalue weighted by molar-refractivity contribution is 7.51. The van der Waals surface area contributed by atoms with Gasteiger partial charge in [-0.15, -0.1) is 0 Å². The summed E-state index contributed by atoms with van der Waals surface area (Å²) < 4.78 is 37.5. The lowest BCUT2D eigenvalue weighted by Crippen LogP contribution is -2.50. The predicted molar refractivity (Wildman–Crippen MR) is 86.9 cm³/mol. The first-order valence-corrected chi connectivity index (χ1v) is 9.68. The quantitative estimate of drug-likeness (QED) is 0.496. The summed E-state index contributed by atoms with van der Waals surface area (Å²) in [5.74, 6) is -0.618. The van der Waals surface area contributed by atoms with Crippen molar-refractivity contribution in [1.29, 1.82) is 0 Å². The minimum atomic E-state index is -3.20. The SMILES string of the molecule is CCOC1(OC(C)(C)C)CCN(P(=O)(OCC)OCC)CC1. The zero-order valence-electron chi connectivity index (χ0n) is 14.9. The largest absolute Gasteiger partial charge is 0.408 e. The maximum absolute atomic E-state index is 12.8. The molecule has 0 aromatic carbocycles. The summed E-state index contributed by atoms with van der Waals surface area (Å²) in [6.45, 7) is 14.1. The topological polar surface area (TPSA) is 57.2 Å². The van der Waals surface area contributed by atoms with Crippen molar-refractivity contribution in [3.63, 3.8) is 0 Å². The van der Waals surface area contributed by atoms with E-state index in [1.165, 1.54) is 0 Å². The maximum Gasteiger partial charge on any atom is 0.408 e. The van der Waals surface area contributed by atoms with Gasteiger partial charge in [0.05, 0.1) is 18.8 Å². The van der Waals surface area contributed by atoms with Crippen LogP contribution in [0.25, 0.3) is 0 Å². The van der Waals surface area contributed by atoms with Crippen LogP contribution in [0.5, 0.6) is 0 Å². The molecule has 132 valence electrons. The Morgan fingerprint density at radius 2 is 1.50 bits per heavy atom. The van der Waals surface area contributed by atoms with Crippen LogP contribution in [0.4, 0.5) is 0 Å². The third-order valence-corrected chi connectivity index (χ3v) is 5.59. The van der Waals surface area contributed by atoms with Crippen molar-refractivity contribution < 1.29 is 23.1 Å². The monoisotopic (exact) mass is 337 g/mol. The third kappa shape index (κ3) is 5.59. The summed E-state index contributed by atoms with van der Waals surface area (Å²) >= 11 is 0. The van der Waals surface area contributed by atoms with Gasteiger partial charge in [-0.05, 0) is 41.5 Å². The van der Waals surface area contributed by atoms with Crippen LogP contribution in [0.2, 0.25) is 0 Å². The molecule has 0 unspecified atom stereocenters. The fourth-order valence-corrected chi connectivity index (χ4v) is 4.45. The number of hydrogen-bond donors (Lipinski definition) is 0. The molecule has 0 radical (unpaired) electrons. The number of piperidine rings is 1. The smallest absolute Gasteiger partial charge is 0.350 e. The first kappa shape index (κ1) is 20.1. The van der Waals surface area contributed by atoms with Crippen LogP contribution in [0.15, 0.2) is 0 Å². The number of hydrogen-bond acceptors (Lipinski definition) is 5. The zero-order chi connectivity index (χ0) is 16.9. The number of rotatable bonds is 8. The first-order valence-electron chi connectivity index (χ1n) is 8.19. The Bertz CT molecular complexity index is 365. The summed E-state index contributed by atoms with van der Waals surface area (Å²) in [5, 5.41) is 0. The lowest BCUT2D eigenvalue weighted by Gasteiger charge is -2.45. The lowest BCUT2D eigenvalue weighted by atomic mass is 10.0. The van der Waals surface area contributed by atoms with Crippen LogP contribution in [0.1, 0.15) is 54.4 Å². The Morgan fingerprint density at radius 3 is 1.86 bits per heavy atom. The van der Waals surface area contributed by atoms with Crippen molar-refractivity contribution in [3.8, 4) is 0 Å². The summed E-state index contributed by atoms with van der Waals surface area (Å²) in [5.41, 5.74) is -0.291. The Kier molecular flexibility index (Phi) is 7.50. The second kappa shape index (κ2) is 8.22. The molecule has 1 heterocycles. The molecule has 0 aliphatic carbocycles. The molecule has 1 rings (SSSR count). The molecule has 0 spiro atoms. The van der Waals surface area contributed by atoms with E-state index in [1.54, 1.807) is 4.67 Å².